The van der Waals surface area contributed by atoms with Crippen molar-refractivity contribution in [3.63, 3.8) is 0 Å². The Morgan fingerprint density at radius 2 is 1.30 bits per heavy atom. The van der Waals surface area contributed by atoms with Gasteiger partial charge in [-0.3, -0.25) is 0 Å². The maximum atomic E-state index is 2.83. The molecule has 0 nitrogen and oxygen atoms in total. The smallest absolute Gasteiger partial charge is 0.0235 e. The van der Waals surface area contributed by atoms with E-state index in [9.17, 15) is 0 Å². The first-order valence-corrected chi connectivity index (χ1v) is 15.3. The van der Waals surface area contributed by atoms with Crippen molar-refractivity contribution in [2.45, 2.75) is 139 Å². The summed E-state index contributed by atoms with van der Waals surface area (Å²) >= 11 is 0. The third-order valence-corrected chi connectivity index (χ3v) is 14.4. The summed E-state index contributed by atoms with van der Waals surface area (Å²) < 4.78 is 0. The summed E-state index contributed by atoms with van der Waals surface area (Å²) in [7, 11) is 0. The molecule has 5 rings (SSSR count). The lowest BCUT2D eigenvalue weighted by atomic mass is 9.31. The largest absolute Gasteiger partial charge is 0.0654 e. The SMILES string of the molecule is CCCC(C)C1CC[C@]2(C)[C@H]3CC[C@@H]4[C@@]5(C)C[C@@H](C)CC(C)(C)[C@@H]5CC[C@@]4(C)[C@]3(C)CC[C@@H]12. The van der Waals surface area contributed by atoms with Gasteiger partial charge in [0.2, 0.25) is 0 Å². The molecule has 5 aliphatic rings. The van der Waals surface area contributed by atoms with Gasteiger partial charge < -0.3 is 0 Å². The van der Waals surface area contributed by atoms with Crippen molar-refractivity contribution in [3.05, 3.63) is 0 Å². The van der Waals surface area contributed by atoms with Crippen LogP contribution in [0.1, 0.15) is 139 Å². The molecule has 0 N–H and O–H groups in total. The lowest BCUT2D eigenvalue weighted by molar-refractivity contribution is -0.245. The van der Waals surface area contributed by atoms with Gasteiger partial charge >= 0.3 is 0 Å². The zero-order chi connectivity index (χ0) is 24.0. The van der Waals surface area contributed by atoms with Crippen molar-refractivity contribution in [1.82, 2.24) is 0 Å². The summed E-state index contributed by atoms with van der Waals surface area (Å²) in [6.45, 7) is 24.1. The van der Waals surface area contributed by atoms with Gasteiger partial charge in [-0.1, -0.05) is 75.2 Å². The van der Waals surface area contributed by atoms with Gasteiger partial charge in [0, 0.05) is 0 Å². The molecule has 0 bridgehead atoms. The zero-order valence-electron chi connectivity index (χ0n) is 24.0. The van der Waals surface area contributed by atoms with Crippen molar-refractivity contribution < 1.29 is 0 Å². The first-order valence-electron chi connectivity index (χ1n) is 15.3. The second kappa shape index (κ2) is 7.75. The van der Waals surface area contributed by atoms with Crippen molar-refractivity contribution >= 4 is 0 Å². The van der Waals surface area contributed by atoms with Gasteiger partial charge in [-0.05, 0) is 133 Å². The minimum absolute atomic E-state index is 0.531. The quantitative estimate of drug-likeness (QED) is 0.398. The van der Waals surface area contributed by atoms with Gasteiger partial charge in [0.25, 0.3) is 0 Å². The van der Waals surface area contributed by atoms with Crippen LogP contribution in [0.3, 0.4) is 0 Å². The van der Waals surface area contributed by atoms with E-state index in [4.69, 9.17) is 0 Å². The van der Waals surface area contributed by atoms with E-state index in [1.807, 2.05) is 0 Å². The number of fused-ring (bicyclic) bond motifs is 7. The summed E-state index contributed by atoms with van der Waals surface area (Å²) in [6.07, 6.45) is 18.0. The third kappa shape index (κ3) is 3.19. The molecule has 0 aromatic carbocycles. The third-order valence-electron chi connectivity index (χ3n) is 14.4. The molecule has 0 spiro atoms. The minimum Gasteiger partial charge on any atom is -0.0654 e. The molecule has 5 aliphatic carbocycles. The second-order valence-corrected chi connectivity index (χ2v) is 16.2. The molecule has 33 heavy (non-hydrogen) atoms. The fourth-order valence-electron chi connectivity index (χ4n) is 13.4. The Hall–Kier alpha value is 0. The predicted molar refractivity (Wildman–Crippen MR) is 143 cm³/mol. The Bertz CT molecular complexity index is 749. The van der Waals surface area contributed by atoms with Crippen LogP contribution in [0.15, 0.2) is 0 Å². The van der Waals surface area contributed by atoms with Crippen molar-refractivity contribution in [2.75, 3.05) is 0 Å². The Balaban J connectivity index is 1.48. The van der Waals surface area contributed by atoms with Crippen LogP contribution < -0.4 is 0 Å². The average Bonchev–Trinajstić information content (AvgIpc) is 3.04. The van der Waals surface area contributed by atoms with E-state index < -0.39 is 0 Å². The monoisotopic (exact) mass is 454 g/mol. The van der Waals surface area contributed by atoms with E-state index in [-0.39, 0.29) is 0 Å². The average molecular weight is 455 g/mol. The highest BCUT2D eigenvalue weighted by atomic mass is 14.7. The van der Waals surface area contributed by atoms with E-state index in [1.54, 1.807) is 0 Å². The number of hydrogen-bond donors (Lipinski definition) is 0. The molecule has 0 aromatic rings. The summed E-state index contributed by atoms with van der Waals surface area (Å²) in [5.74, 6) is 6.73. The maximum Gasteiger partial charge on any atom is -0.0235 e. The highest BCUT2D eigenvalue weighted by Gasteiger charge is 2.70. The van der Waals surface area contributed by atoms with Crippen LogP contribution >= 0.6 is 0 Å². The maximum absolute atomic E-state index is 2.83. The molecule has 0 radical (unpaired) electrons. The molecule has 5 fully saturated rings. The van der Waals surface area contributed by atoms with E-state index in [2.05, 4.69) is 62.3 Å². The van der Waals surface area contributed by atoms with Gasteiger partial charge in [-0.25, -0.2) is 0 Å². The molecule has 11 atom stereocenters. The van der Waals surface area contributed by atoms with Crippen molar-refractivity contribution in [1.29, 1.82) is 0 Å². The topological polar surface area (TPSA) is 0 Å². The standard InChI is InChI=1S/C33H58/c1-10-11-23(3)24-14-17-30(6)25(24)15-18-32(8)27(30)12-13-28-31(7)21-22(2)20-29(4,5)26(31)16-19-33(28,32)9/h22-28H,10-21H2,1-9H3/t22-,23?,24?,25-,26-,27+,28+,30-,31-,32+,33+/m0/s1. The highest BCUT2D eigenvalue weighted by molar-refractivity contribution is 5.19. The van der Waals surface area contributed by atoms with Gasteiger partial charge in [-0.2, -0.15) is 0 Å². The summed E-state index contributed by atoms with van der Waals surface area (Å²) in [5.41, 5.74) is 2.82. The van der Waals surface area contributed by atoms with Crippen LogP contribution in [-0.4, -0.2) is 0 Å². The molecule has 2 unspecified atom stereocenters. The number of rotatable bonds is 3. The Morgan fingerprint density at radius 1 is 0.697 bits per heavy atom. The van der Waals surface area contributed by atoms with Crippen LogP contribution in [0, 0.1) is 68.5 Å². The van der Waals surface area contributed by atoms with Gasteiger partial charge in [-0.15, -0.1) is 0 Å². The molecule has 0 amide bonds. The van der Waals surface area contributed by atoms with Gasteiger partial charge in [0.15, 0.2) is 0 Å². The highest BCUT2D eigenvalue weighted by Crippen LogP contribution is 2.78. The molecule has 0 heterocycles. The molecule has 0 aromatic heterocycles. The zero-order valence-corrected chi connectivity index (χ0v) is 24.0. The van der Waals surface area contributed by atoms with E-state index in [0.29, 0.717) is 27.1 Å². The second-order valence-electron chi connectivity index (χ2n) is 16.2. The minimum atomic E-state index is 0.531. The number of hydrogen-bond acceptors (Lipinski definition) is 0. The molecule has 190 valence electrons. The van der Waals surface area contributed by atoms with Crippen LogP contribution in [0.25, 0.3) is 0 Å². The van der Waals surface area contributed by atoms with E-state index >= 15 is 0 Å². The van der Waals surface area contributed by atoms with Crippen molar-refractivity contribution in [3.8, 4) is 0 Å². The summed E-state index contributed by atoms with van der Waals surface area (Å²) in [4.78, 5) is 0. The van der Waals surface area contributed by atoms with Crippen LogP contribution in [0.5, 0.6) is 0 Å². The summed E-state index contributed by atoms with van der Waals surface area (Å²) in [6, 6.07) is 0. The summed E-state index contributed by atoms with van der Waals surface area (Å²) in [5, 5.41) is 0. The Labute approximate surface area is 207 Å². The Morgan fingerprint density at radius 3 is 1.94 bits per heavy atom. The molecule has 0 saturated heterocycles. The van der Waals surface area contributed by atoms with Crippen molar-refractivity contribution in [2.24, 2.45) is 68.5 Å². The first-order chi connectivity index (χ1) is 15.3. The molecule has 0 heteroatoms. The fraction of sp³-hybridized carbons (Fsp3) is 1.00. The van der Waals surface area contributed by atoms with E-state index in [1.165, 1.54) is 77.0 Å². The van der Waals surface area contributed by atoms with Gasteiger partial charge in [0.1, 0.15) is 0 Å². The Kier molecular flexibility index (Phi) is 5.80. The predicted octanol–water partition coefficient (Wildman–Crippen LogP) is 10.2. The fourth-order valence-corrected chi connectivity index (χ4v) is 13.4. The van der Waals surface area contributed by atoms with Crippen LogP contribution in [0.2, 0.25) is 0 Å². The first kappa shape index (κ1) is 24.7. The van der Waals surface area contributed by atoms with Gasteiger partial charge in [0.05, 0.1) is 0 Å². The normalized spacial score (nSPS) is 56.3. The molecule has 5 saturated carbocycles. The molecular weight excluding hydrogens is 396 g/mol. The van der Waals surface area contributed by atoms with Crippen LogP contribution in [0.4, 0.5) is 0 Å². The lowest BCUT2D eigenvalue weighted by Crippen LogP contribution is -2.66. The van der Waals surface area contributed by atoms with E-state index in [0.717, 1.165) is 41.4 Å². The lowest BCUT2D eigenvalue weighted by Gasteiger charge is -2.73. The molecule has 0 aliphatic heterocycles. The van der Waals surface area contributed by atoms with Crippen LogP contribution in [-0.2, 0) is 0 Å². The molecular formula is C33H58.